The molecule has 0 aromatic heterocycles. The smallest absolute Gasteiger partial charge is 0.203 e. The number of benzene rings is 1. The maximum atomic E-state index is 5.31. The van der Waals surface area contributed by atoms with Crippen LogP contribution < -0.4 is 24.8 Å². The van der Waals surface area contributed by atoms with Crippen LogP contribution in [-0.4, -0.2) is 32.5 Å². The zero-order chi connectivity index (χ0) is 15.1. The molecule has 0 atom stereocenters. The lowest BCUT2D eigenvalue weighted by Crippen LogP contribution is -2.38. The minimum Gasteiger partial charge on any atom is -0.493 e. The van der Waals surface area contributed by atoms with Gasteiger partial charge in [0.05, 0.1) is 21.3 Å². The molecule has 0 amide bonds. The summed E-state index contributed by atoms with van der Waals surface area (Å²) in [7, 11) is 4.78. The average molecular weight is 298 g/mol. The molecule has 2 N–H and O–H groups in total. The van der Waals surface area contributed by atoms with Gasteiger partial charge in [-0.15, -0.1) is 0 Å². The lowest BCUT2D eigenvalue weighted by Gasteiger charge is -2.16. The van der Waals surface area contributed by atoms with Crippen molar-refractivity contribution in [1.29, 1.82) is 0 Å². The molecule has 112 valence electrons. The van der Waals surface area contributed by atoms with Gasteiger partial charge in [-0.25, -0.2) is 0 Å². The average Bonchev–Trinajstić information content (AvgIpc) is 2.42. The van der Waals surface area contributed by atoms with E-state index in [-0.39, 0.29) is 0 Å². The number of nitrogens with one attached hydrogen (secondary N) is 2. The summed E-state index contributed by atoms with van der Waals surface area (Å²) in [5.41, 5.74) is 0.993. The molecule has 0 radical (unpaired) electrons. The van der Waals surface area contributed by atoms with Crippen LogP contribution >= 0.6 is 12.2 Å². The number of rotatable bonds is 6. The van der Waals surface area contributed by atoms with Gasteiger partial charge in [0.2, 0.25) is 5.75 Å². The number of methoxy groups -OCH3 is 3. The summed E-state index contributed by atoms with van der Waals surface area (Å²) in [6.45, 7) is 4.65. The third-order valence-corrected chi connectivity index (χ3v) is 2.86. The Morgan fingerprint density at radius 1 is 1.10 bits per heavy atom. The van der Waals surface area contributed by atoms with E-state index >= 15 is 0 Å². The van der Waals surface area contributed by atoms with E-state index in [0.29, 0.717) is 34.9 Å². The van der Waals surface area contributed by atoms with Crippen LogP contribution in [0.15, 0.2) is 12.1 Å². The molecule has 1 aromatic rings. The molecule has 0 aliphatic heterocycles. The van der Waals surface area contributed by atoms with Crippen LogP contribution in [0.1, 0.15) is 19.4 Å². The number of ether oxygens (including phenoxy) is 3. The second-order valence-electron chi connectivity index (χ2n) is 4.52. The summed E-state index contributed by atoms with van der Waals surface area (Å²) in [5, 5.41) is 6.88. The Morgan fingerprint density at radius 3 is 2.05 bits per heavy atom. The van der Waals surface area contributed by atoms with E-state index in [9.17, 15) is 0 Å². The van der Waals surface area contributed by atoms with Crippen molar-refractivity contribution >= 4 is 17.3 Å². The SMILES string of the molecule is COc1cc(CNC(=S)NC(C)C)cc(OC)c1OC. The van der Waals surface area contributed by atoms with Gasteiger partial charge in [0, 0.05) is 12.6 Å². The fourth-order valence-corrected chi connectivity index (χ4v) is 2.04. The van der Waals surface area contributed by atoms with Crippen molar-refractivity contribution in [2.75, 3.05) is 21.3 Å². The largest absolute Gasteiger partial charge is 0.493 e. The van der Waals surface area contributed by atoms with Gasteiger partial charge < -0.3 is 24.8 Å². The summed E-state index contributed by atoms with van der Waals surface area (Å²) < 4.78 is 15.9. The zero-order valence-corrected chi connectivity index (χ0v) is 13.4. The van der Waals surface area contributed by atoms with Gasteiger partial charge in [-0.1, -0.05) is 0 Å². The second-order valence-corrected chi connectivity index (χ2v) is 4.92. The zero-order valence-electron chi connectivity index (χ0n) is 12.6. The Hall–Kier alpha value is -1.69. The Bertz CT molecular complexity index is 439. The summed E-state index contributed by atoms with van der Waals surface area (Å²) in [4.78, 5) is 0. The highest BCUT2D eigenvalue weighted by atomic mass is 32.1. The molecule has 0 saturated heterocycles. The maximum Gasteiger partial charge on any atom is 0.203 e. The van der Waals surface area contributed by atoms with Gasteiger partial charge in [-0.05, 0) is 43.8 Å². The van der Waals surface area contributed by atoms with Crippen LogP contribution in [0, 0.1) is 0 Å². The molecular weight excluding hydrogens is 276 g/mol. The first-order valence-electron chi connectivity index (χ1n) is 6.35. The quantitative estimate of drug-likeness (QED) is 0.784. The molecule has 0 fully saturated rings. The van der Waals surface area contributed by atoms with Crippen molar-refractivity contribution in [3.63, 3.8) is 0 Å². The fourth-order valence-electron chi connectivity index (χ4n) is 1.73. The maximum absolute atomic E-state index is 5.31. The molecule has 5 nitrogen and oxygen atoms in total. The monoisotopic (exact) mass is 298 g/mol. The standard InChI is InChI=1S/C14H22N2O3S/c1-9(2)16-14(20)15-8-10-6-11(17-3)13(19-5)12(7-10)18-4/h6-7,9H,8H2,1-5H3,(H2,15,16,20). The number of hydrogen-bond donors (Lipinski definition) is 2. The summed E-state index contributed by atoms with van der Waals surface area (Å²) in [6, 6.07) is 4.09. The van der Waals surface area contributed by atoms with Crippen LogP contribution in [-0.2, 0) is 6.54 Å². The molecule has 1 aromatic carbocycles. The fraction of sp³-hybridized carbons (Fsp3) is 0.500. The molecule has 0 saturated carbocycles. The van der Waals surface area contributed by atoms with Crippen LogP contribution in [0.2, 0.25) is 0 Å². The second kappa shape index (κ2) is 7.79. The van der Waals surface area contributed by atoms with E-state index in [1.165, 1.54) is 0 Å². The minimum atomic E-state index is 0.301. The van der Waals surface area contributed by atoms with E-state index in [2.05, 4.69) is 10.6 Å². The van der Waals surface area contributed by atoms with Gasteiger partial charge in [-0.3, -0.25) is 0 Å². The molecule has 0 bridgehead atoms. The molecular formula is C14H22N2O3S. The van der Waals surface area contributed by atoms with Crippen molar-refractivity contribution in [3.05, 3.63) is 17.7 Å². The van der Waals surface area contributed by atoms with E-state index in [0.717, 1.165) is 5.56 Å². The van der Waals surface area contributed by atoms with E-state index in [1.807, 2.05) is 26.0 Å². The molecule has 0 aliphatic rings. The van der Waals surface area contributed by atoms with Crippen molar-refractivity contribution in [2.24, 2.45) is 0 Å². The first-order valence-corrected chi connectivity index (χ1v) is 6.75. The lowest BCUT2D eigenvalue weighted by molar-refractivity contribution is 0.323. The molecule has 20 heavy (non-hydrogen) atoms. The summed E-state index contributed by atoms with van der Waals surface area (Å²) in [6.07, 6.45) is 0. The van der Waals surface area contributed by atoms with Crippen LogP contribution in [0.5, 0.6) is 17.2 Å². The van der Waals surface area contributed by atoms with Gasteiger partial charge >= 0.3 is 0 Å². The Balaban J connectivity index is 2.83. The van der Waals surface area contributed by atoms with E-state index in [1.54, 1.807) is 21.3 Å². The summed E-state index contributed by atoms with van der Waals surface area (Å²) >= 11 is 5.19. The Labute approximate surface area is 125 Å². The molecule has 0 heterocycles. The first-order chi connectivity index (χ1) is 9.51. The lowest BCUT2D eigenvalue weighted by atomic mass is 10.2. The van der Waals surface area contributed by atoms with E-state index < -0.39 is 0 Å². The van der Waals surface area contributed by atoms with Gasteiger partial charge in [0.25, 0.3) is 0 Å². The Kier molecular flexibility index (Phi) is 6.38. The first kappa shape index (κ1) is 16.4. The van der Waals surface area contributed by atoms with E-state index in [4.69, 9.17) is 26.4 Å². The summed E-state index contributed by atoms with van der Waals surface area (Å²) in [5.74, 6) is 1.85. The molecule has 0 unspecified atom stereocenters. The highest BCUT2D eigenvalue weighted by Crippen LogP contribution is 2.38. The molecule has 0 spiro atoms. The highest BCUT2D eigenvalue weighted by molar-refractivity contribution is 7.80. The molecule has 0 aliphatic carbocycles. The highest BCUT2D eigenvalue weighted by Gasteiger charge is 2.13. The molecule has 1 rings (SSSR count). The van der Waals surface area contributed by atoms with Gasteiger partial charge in [-0.2, -0.15) is 0 Å². The third-order valence-electron chi connectivity index (χ3n) is 2.60. The third kappa shape index (κ3) is 4.45. The predicted octanol–water partition coefficient (Wildman–Crippen LogP) is 2.08. The van der Waals surface area contributed by atoms with Gasteiger partial charge in [0.15, 0.2) is 16.6 Å². The topological polar surface area (TPSA) is 51.8 Å². The number of hydrogen-bond acceptors (Lipinski definition) is 4. The van der Waals surface area contributed by atoms with Crippen LogP contribution in [0.25, 0.3) is 0 Å². The van der Waals surface area contributed by atoms with Crippen molar-refractivity contribution < 1.29 is 14.2 Å². The minimum absolute atomic E-state index is 0.301. The van der Waals surface area contributed by atoms with Crippen molar-refractivity contribution in [1.82, 2.24) is 10.6 Å². The Morgan fingerprint density at radius 2 is 1.65 bits per heavy atom. The van der Waals surface area contributed by atoms with Crippen LogP contribution in [0.3, 0.4) is 0 Å². The number of thiocarbonyl (C=S) groups is 1. The van der Waals surface area contributed by atoms with Crippen molar-refractivity contribution in [3.8, 4) is 17.2 Å². The predicted molar refractivity (Wildman–Crippen MR) is 83.8 cm³/mol. The van der Waals surface area contributed by atoms with Crippen molar-refractivity contribution in [2.45, 2.75) is 26.4 Å². The van der Waals surface area contributed by atoms with Crippen LogP contribution in [0.4, 0.5) is 0 Å². The normalized spacial score (nSPS) is 10.1. The van der Waals surface area contributed by atoms with Gasteiger partial charge in [0.1, 0.15) is 0 Å². The molecule has 6 heteroatoms.